The minimum atomic E-state index is 1.30. The van der Waals surface area contributed by atoms with Crippen molar-refractivity contribution in [2.75, 3.05) is 0 Å². The van der Waals surface area contributed by atoms with Crippen molar-refractivity contribution in [1.29, 1.82) is 0 Å². The molecule has 0 aliphatic carbocycles. The average Bonchev–Trinajstić information content (AvgIpc) is 1.82. The van der Waals surface area contributed by atoms with Gasteiger partial charge in [0, 0.05) is 0 Å². The van der Waals surface area contributed by atoms with E-state index in [1.54, 1.807) is 0 Å². The third-order valence-corrected chi connectivity index (χ3v) is 2.45. The summed E-state index contributed by atoms with van der Waals surface area (Å²) >= 11 is 2.57. The number of rotatable bonds is 0. The average molecular weight is 199 g/mol. The molecule has 0 fully saturated rings. The molecule has 1 aromatic carbocycles. The van der Waals surface area contributed by atoms with Crippen molar-refractivity contribution < 1.29 is 0 Å². The van der Waals surface area contributed by atoms with Gasteiger partial charge in [0.15, 0.2) is 0 Å². The molecule has 0 unspecified atom stereocenters. The van der Waals surface area contributed by atoms with Crippen LogP contribution in [0.2, 0.25) is 0 Å². The normalized spacial score (nSPS) is 10.0. The number of hydrogen-bond donors (Lipinski definition) is 0. The van der Waals surface area contributed by atoms with Crippen LogP contribution in [0.1, 0.15) is 16.7 Å². The van der Waals surface area contributed by atoms with Gasteiger partial charge in [-0.2, -0.15) is 0 Å². The molecule has 0 aromatic heterocycles. The zero-order valence-electron chi connectivity index (χ0n) is 6.60. The van der Waals surface area contributed by atoms with Gasteiger partial charge in [-0.3, -0.25) is 0 Å². The van der Waals surface area contributed by atoms with Gasteiger partial charge in [0.2, 0.25) is 0 Å². The zero-order chi connectivity index (χ0) is 7.72. The molecule has 0 radical (unpaired) electrons. The van der Waals surface area contributed by atoms with Gasteiger partial charge >= 0.3 is 70.1 Å². The summed E-state index contributed by atoms with van der Waals surface area (Å²) < 4.78 is 1.30. The van der Waals surface area contributed by atoms with Crippen LogP contribution in [0, 0.1) is 20.8 Å². The molecule has 1 heteroatoms. The van der Waals surface area contributed by atoms with Gasteiger partial charge in [0.25, 0.3) is 0 Å². The van der Waals surface area contributed by atoms with Gasteiger partial charge in [-0.05, 0) is 0 Å². The first-order valence-corrected chi connectivity index (χ1v) is 4.32. The Labute approximate surface area is 70.5 Å². The molecule has 0 saturated heterocycles. The van der Waals surface area contributed by atoms with Crippen molar-refractivity contribution in [2.45, 2.75) is 20.8 Å². The van der Waals surface area contributed by atoms with Crippen LogP contribution in [0.5, 0.6) is 0 Å². The summed E-state index contributed by atoms with van der Waals surface area (Å²) in [6, 6.07) is 4.39. The Bertz CT molecular complexity index is 228. The van der Waals surface area contributed by atoms with Crippen molar-refractivity contribution in [2.24, 2.45) is 0 Å². The molecule has 0 atom stereocenters. The summed E-state index contributed by atoms with van der Waals surface area (Å²) in [7, 11) is 0. The van der Waals surface area contributed by atoms with Crippen LogP contribution in [-0.2, 0) is 0 Å². The van der Waals surface area contributed by atoms with Crippen molar-refractivity contribution in [1.82, 2.24) is 0 Å². The summed E-state index contributed by atoms with van der Waals surface area (Å²) in [5.74, 6) is 0. The van der Waals surface area contributed by atoms with Gasteiger partial charge < -0.3 is 0 Å². The van der Waals surface area contributed by atoms with Crippen LogP contribution in [0.3, 0.4) is 0 Å². The molecule has 1 aromatic rings. The molecule has 0 aliphatic rings. The van der Waals surface area contributed by atoms with Crippen LogP contribution in [0.4, 0.5) is 0 Å². The maximum atomic E-state index is 2.57. The predicted molar refractivity (Wildman–Crippen MR) is 47.4 cm³/mol. The molecule has 0 nitrogen and oxygen atoms in total. The molecule has 1 rings (SSSR count). The van der Waals surface area contributed by atoms with E-state index in [2.05, 4.69) is 48.9 Å². The van der Waals surface area contributed by atoms with Crippen LogP contribution >= 0.6 is 0 Å². The van der Waals surface area contributed by atoms with Crippen LogP contribution in [0.15, 0.2) is 12.1 Å². The van der Waals surface area contributed by atoms with Crippen LogP contribution in [0.25, 0.3) is 0 Å². The first-order chi connectivity index (χ1) is 4.61. The third-order valence-electron chi connectivity index (χ3n) is 1.91. The first-order valence-electron chi connectivity index (χ1n) is 3.38. The first kappa shape index (κ1) is 7.84. The van der Waals surface area contributed by atoms with Crippen LogP contribution in [-0.4, -0.2) is 16.0 Å². The molecule has 0 bridgehead atoms. The van der Waals surface area contributed by atoms with Gasteiger partial charge in [-0.1, -0.05) is 0 Å². The van der Waals surface area contributed by atoms with Gasteiger partial charge in [-0.25, -0.2) is 0 Å². The Hall–Kier alpha value is -0.261. The van der Waals surface area contributed by atoms with Crippen molar-refractivity contribution in [3.8, 4) is 0 Å². The van der Waals surface area contributed by atoms with E-state index in [4.69, 9.17) is 0 Å². The summed E-state index contributed by atoms with van der Waals surface area (Å²) in [5.41, 5.74) is 4.18. The molecular formula is C9H12Se. The molecular weight excluding hydrogens is 187 g/mol. The Morgan fingerprint density at radius 1 is 1.00 bits per heavy atom. The topological polar surface area (TPSA) is 0 Å². The molecule has 0 heterocycles. The molecule has 0 saturated carbocycles. The Morgan fingerprint density at radius 3 is 1.80 bits per heavy atom. The van der Waals surface area contributed by atoms with E-state index < -0.39 is 0 Å². The van der Waals surface area contributed by atoms with Crippen LogP contribution < -0.4 is 4.46 Å². The Balaban J connectivity index is 3.31. The Morgan fingerprint density at radius 2 is 1.40 bits per heavy atom. The second-order valence-corrected chi connectivity index (χ2v) is 3.79. The maximum absolute atomic E-state index is 2.57. The fourth-order valence-electron chi connectivity index (χ4n) is 1.01. The number of benzene rings is 1. The molecule has 10 heavy (non-hydrogen) atoms. The summed E-state index contributed by atoms with van der Waals surface area (Å²) in [6.07, 6.45) is 0. The van der Waals surface area contributed by atoms with E-state index in [0.717, 1.165) is 0 Å². The second-order valence-electron chi connectivity index (χ2n) is 2.70. The van der Waals surface area contributed by atoms with E-state index in [9.17, 15) is 0 Å². The number of hydrogen-bond acceptors (Lipinski definition) is 0. The van der Waals surface area contributed by atoms with Crippen molar-refractivity contribution in [3.63, 3.8) is 0 Å². The monoisotopic (exact) mass is 200 g/mol. The van der Waals surface area contributed by atoms with Crippen molar-refractivity contribution >= 4 is 20.5 Å². The molecule has 54 valence electrons. The molecule has 0 spiro atoms. The summed E-state index contributed by atoms with van der Waals surface area (Å²) in [5, 5.41) is 0. The standard InChI is InChI=1S/C9H12Se/c1-6-4-9(10)5-7(2)8(6)3/h4-5,10H,1-3H3. The number of aryl methyl sites for hydroxylation is 2. The minimum absolute atomic E-state index is 1.30. The molecule has 0 amide bonds. The van der Waals surface area contributed by atoms with E-state index in [-0.39, 0.29) is 0 Å². The quantitative estimate of drug-likeness (QED) is 0.549. The van der Waals surface area contributed by atoms with E-state index in [0.29, 0.717) is 0 Å². The Kier molecular flexibility index (Phi) is 2.17. The SMILES string of the molecule is Cc1cc([SeH])cc(C)c1C. The van der Waals surface area contributed by atoms with Gasteiger partial charge in [-0.15, -0.1) is 0 Å². The molecule has 0 aliphatic heterocycles. The third kappa shape index (κ3) is 1.42. The molecule has 0 N–H and O–H groups in total. The summed E-state index contributed by atoms with van der Waals surface area (Å²) in [4.78, 5) is 0. The van der Waals surface area contributed by atoms with E-state index >= 15 is 0 Å². The predicted octanol–water partition coefficient (Wildman–Crippen LogP) is 1.14. The zero-order valence-corrected chi connectivity index (χ0v) is 8.48. The fraction of sp³-hybridized carbons (Fsp3) is 0.333. The fourth-order valence-corrected chi connectivity index (χ4v) is 1.83. The summed E-state index contributed by atoms with van der Waals surface area (Å²) in [6.45, 7) is 6.47. The van der Waals surface area contributed by atoms with Crippen molar-refractivity contribution in [3.05, 3.63) is 28.8 Å². The van der Waals surface area contributed by atoms with Gasteiger partial charge in [0.05, 0.1) is 0 Å². The van der Waals surface area contributed by atoms with E-state index in [1.807, 2.05) is 0 Å². The second kappa shape index (κ2) is 2.77. The van der Waals surface area contributed by atoms with Gasteiger partial charge in [0.1, 0.15) is 0 Å². The van der Waals surface area contributed by atoms with E-state index in [1.165, 1.54) is 21.2 Å².